The van der Waals surface area contributed by atoms with Crippen molar-refractivity contribution in [1.82, 2.24) is 0 Å². The summed E-state index contributed by atoms with van der Waals surface area (Å²) in [4.78, 5) is 2.34. The second-order valence-corrected chi connectivity index (χ2v) is 15.3. The van der Waals surface area contributed by atoms with Crippen LogP contribution in [0.1, 0.15) is 0 Å². The molecular weight excluding hydrogens is 727 g/mol. The van der Waals surface area contributed by atoms with Crippen molar-refractivity contribution in [1.29, 1.82) is 0 Å². The standard InChI is InChI=1S/C58H39NO/c1-3-14-40(15-4-1)47-34-48(41-16-5-2-6-17-41)36-49(35-47)42-26-30-50(31-27-42)59(52-21-13-20-45(37-52)58-39-46-19-8-12-25-57(46)60-58)51-32-28-43(29-33-51)56-38-44-18-7-9-22-53(44)54-23-10-11-24-55(54)56/h1-39H. The maximum absolute atomic E-state index is 6.36. The second-order valence-electron chi connectivity index (χ2n) is 15.3. The first-order chi connectivity index (χ1) is 29.7. The zero-order chi connectivity index (χ0) is 39.8. The van der Waals surface area contributed by atoms with E-state index in [1.165, 1.54) is 60.5 Å². The first-order valence-electron chi connectivity index (χ1n) is 20.5. The normalized spacial score (nSPS) is 11.3. The van der Waals surface area contributed by atoms with Crippen LogP contribution in [0.2, 0.25) is 0 Å². The number of nitrogens with zero attached hydrogens (tertiary/aromatic N) is 1. The molecule has 0 aliphatic rings. The number of para-hydroxylation sites is 1. The van der Waals surface area contributed by atoms with Crippen LogP contribution in [0.3, 0.4) is 0 Å². The Morgan fingerprint density at radius 1 is 0.267 bits per heavy atom. The third kappa shape index (κ3) is 6.61. The number of fused-ring (bicyclic) bond motifs is 4. The number of rotatable bonds is 8. The molecule has 2 heteroatoms. The summed E-state index contributed by atoms with van der Waals surface area (Å²) in [6.07, 6.45) is 0. The lowest BCUT2D eigenvalue weighted by atomic mass is 9.93. The first kappa shape index (κ1) is 35.2. The molecule has 11 rings (SSSR count). The summed E-state index contributed by atoms with van der Waals surface area (Å²) in [5.41, 5.74) is 14.6. The van der Waals surface area contributed by atoms with E-state index in [0.717, 1.165) is 44.9 Å². The van der Waals surface area contributed by atoms with Crippen molar-refractivity contribution >= 4 is 49.6 Å². The largest absolute Gasteiger partial charge is 0.456 e. The first-order valence-corrected chi connectivity index (χ1v) is 20.5. The van der Waals surface area contributed by atoms with Gasteiger partial charge in [0, 0.05) is 28.0 Å². The molecule has 11 aromatic rings. The highest BCUT2D eigenvalue weighted by molar-refractivity contribution is 6.13. The van der Waals surface area contributed by atoms with Gasteiger partial charge in [0.2, 0.25) is 0 Å². The molecule has 0 saturated heterocycles. The molecule has 2 nitrogen and oxygen atoms in total. The van der Waals surface area contributed by atoms with Gasteiger partial charge in [-0.1, -0.05) is 164 Å². The predicted octanol–water partition coefficient (Wildman–Crippen LogP) is 16.5. The molecule has 1 aromatic heterocycles. The van der Waals surface area contributed by atoms with E-state index in [4.69, 9.17) is 4.42 Å². The second kappa shape index (κ2) is 15.1. The third-order valence-corrected chi connectivity index (χ3v) is 11.6. The molecule has 0 unspecified atom stereocenters. The van der Waals surface area contributed by atoms with Gasteiger partial charge in [0.25, 0.3) is 0 Å². The number of anilines is 3. The summed E-state index contributed by atoms with van der Waals surface area (Å²) in [6, 6.07) is 84.9. The Labute approximate surface area is 349 Å². The number of hydrogen-bond donors (Lipinski definition) is 0. The summed E-state index contributed by atoms with van der Waals surface area (Å²) in [6.45, 7) is 0. The molecular formula is C58H39NO. The van der Waals surface area contributed by atoms with Crippen molar-refractivity contribution in [2.45, 2.75) is 0 Å². The zero-order valence-corrected chi connectivity index (χ0v) is 32.9. The highest BCUT2D eigenvalue weighted by atomic mass is 16.3. The molecule has 0 fully saturated rings. The number of hydrogen-bond acceptors (Lipinski definition) is 2. The molecule has 0 amide bonds. The van der Waals surface area contributed by atoms with E-state index < -0.39 is 0 Å². The van der Waals surface area contributed by atoms with Crippen LogP contribution >= 0.6 is 0 Å². The predicted molar refractivity (Wildman–Crippen MR) is 253 cm³/mol. The summed E-state index contributed by atoms with van der Waals surface area (Å²) in [7, 11) is 0. The van der Waals surface area contributed by atoms with Crippen molar-refractivity contribution in [2.24, 2.45) is 0 Å². The molecule has 0 radical (unpaired) electrons. The van der Waals surface area contributed by atoms with E-state index >= 15 is 0 Å². The fourth-order valence-corrected chi connectivity index (χ4v) is 8.64. The van der Waals surface area contributed by atoms with E-state index in [0.29, 0.717) is 0 Å². The minimum absolute atomic E-state index is 0.847. The SMILES string of the molecule is c1ccc(-c2cc(-c3ccccc3)cc(-c3ccc(N(c4ccc(-c5cc6ccccc6c6ccccc56)cc4)c4cccc(-c5cc6ccccc6o5)c4)cc3)c2)cc1. The van der Waals surface area contributed by atoms with Gasteiger partial charge >= 0.3 is 0 Å². The quantitative estimate of drug-likeness (QED) is 0.143. The average Bonchev–Trinajstić information content (AvgIpc) is 3.77. The minimum Gasteiger partial charge on any atom is -0.456 e. The Bertz CT molecular complexity index is 3200. The molecule has 0 aliphatic carbocycles. The van der Waals surface area contributed by atoms with Gasteiger partial charge in [0.05, 0.1) is 0 Å². The van der Waals surface area contributed by atoms with Gasteiger partial charge in [-0.15, -0.1) is 0 Å². The van der Waals surface area contributed by atoms with Gasteiger partial charge in [0.15, 0.2) is 0 Å². The van der Waals surface area contributed by atoms with E-state index in [2.05, 4.69) is 223 Å². The highest BCUT2D eigenvalue weighted by Gasteiger charge is 2.17. The third-order valence-electron chi connectivity index (χ3n) is 11.6. The Hall–Kier alpha value is -7.94. The van der Waals surface area contributed by atoms with Crippen LogP contribution in [0.4, 0.5) is 17.1 Å². The van der Waals surface area contributed by atoms with Gasteiger partial charge in [-0.25, -0.2) is 0 Å². The van der Waals surface area contributed by atoms with E-state index in [1.807, 2.05) is 18.2 Å². The van der Waals surface area contributed by atoms with Crippen LogP contribution in [0.25, 0.3) is 88.3 Å². The number of benzene rings is 10. The Balaban J connectivity index is 1.02. The Kier molecular flexibility index (Phi) is 8.87. The van der Waals surface area contributed by atoms with Gasteiger partial charge in [-0.3, -0.25) is 0 Å². The van der Waals surface area contributed by atoms with Crippen LogP contribution in [0.15, 0.2) is 241 Å². The van der Waals surface area contributed by atoms with Crippen LogP contribution in [0, 0.1) is 0 Å². The topological polar surface area (TPSA) is 16.4 Å². The number of furan rings is 1. The monoisotopic (exact) mass is 765 g/mol. The Morgan fingerprint density at radius 2 is 0.767 bits per heavy atom. The molecule has 0 spiro atoms. The van der Waals surface area contributed by atoms with E-state index in [-0.39, 0.29) is 0 Å². The highest BCUT2D eigenvalue weighted by Crippen LogP contribution is 2.41. The smallest absolute Gasteiger partial charge is 0.135 e. The molecule has 1 heterocycles. The molecule has 0 atom stereocenters. The lowest BCUT2D eigenvalue weighted by Crippen LogP contribution is -2.10. The van der Waals surface area contributed by atoms with Crippen molar-refractivity contribution < 1.29 is 4.42 Å². The van der Waals surface area contributed by atoms with Crippen LogP contribution in [-0.4, -0.2) is 0 Å². The average molecular weight is 766 g/mol. The van der Waals surface area contributed by atoms with Gasteiger partial charge in [0.1, 0.15) is 11.3 Å². The van der Waals surface area contributed by atoms with E-state index in [9.17, 15) is 0 Å². The van der Waals surface area contributed by atoms with E-state index in [1.54, 1.807) is 0 Å². The molecule has 282 valence electrons. The van der Waals surface area contributed by atoms with Crippen LogP contribution in [0.5, 0.6) is 0 Å². The molecule has 0 aliphatic heterocycles. The van der Waals surface area contributed by atoms with Crippen molar-refractivity contribution in [3.05, 3.63) is 237 Å². The van der Waals surface area contributed by atoms with Crippen molar-refractivity contribution in [3.63, 3.8) is 0 Å². The fourth-order valence-electron chi connectivity index (χ4n) is 8.64. The zero-order valence-electron chi connectivity index (χ0n) is 32.9. The minimum atomic E-state index is 0.847. The van der Waals surface area contributed by atoms with Gasteiger partial charge in [-0.05, 0) is 139 Å². The summed E-state index contributed by atoms with van der Waals surface area (Å²) in [5, 5.41) is 6.12. The molecule has 0 bridgehead atoms. The molecule has 10 aromatic carbocycles. The lowest BCUT2D eigenvalue weighted by Gasteiger charge is -2.26. The van der Waals surface area contributed by atoms with Gasteiger partial charge in [-0.2, -0.15) is 0 Å². The Morgan fingerprint density at radius 3 is 1.40 bits per heavy atom. The van der Waals surface area contributed by atoms with Crippen molar-refractivity contribution in [2.75, 3.05) is 4.90 Å². The maximum atomic E-state index is 6.36. The molecule has 0 N–H and O–H groups in total. The summed E-state index contributed by atoms with van der Waals surface area (Å²) in [5.74, 6) is 0.847. The molecule has 60 heavy (non-hydrogen) atoms. The van der Waals surface area contributed by atoms with Crippen LogP contribution in [-0.2, 0) is 0 Å². The maximum Gasteiger partial charge on any atom is 0.135 e. The van der Waals surface area contributed by atoms with Crippen LogP contribution < -0.4 is 4.90 Å². The fraction of sp³-hybridized carbons (Fsp3) is 0. The van der Waals surface area contributed by atoms with Crippen molar-refractivity contribution in [3.8, 4) is 55.8 Å². The molecule has 0 saturated carbocycles. The van der Waals surface area contributed by atoms with Gasteiger partial charge < -0.3 is 9.32 Å². The summed E-state index contributed by atoms with van der Waals surface area (Å²) < 4.78 is 6.36. The summed E-state index contributed by atoms with van der Waals surface area (Å²) >= 11 is 0. The lowest BCUT2D eigenvalue weighted by molar-refractivity contribution is 0.631.